The van der Waals surface area contributed by atoms with E-state index in [0.717, 1.165) is 23.5 Å². The van der Waals surface area contributed by atoms with Crippen molar-refractivity contribution in [2.75, 3.05) is 11.5 Å². The number of rotatable bonds is 2. The van der Waals surface area contributed by atoms with E-state index < -0.39 is 5.60 Å². The Morgan fingerprint density at radius 1 is 1.77 bits per heavy atom. The summed E-state index contributed by atoms with van der Waals surface area (Å²) in [6, 6.07) is 1.92. The van der Waals surface area contributed by atoms with Gasteiger partial charge in [-0.2, -0.15) is 11.8 Å². The lowest BCUT2D eigenvalue weighted by molar-refractivity contribution is 0.0277. The summed E-state index contributed by atoms with van der Waals surface area (Å²) < 4.78 is 4.99. The molecule has 0 saturated carbocycles. The highest BCUT2D eigenvalue weighted by atomic mass is 32.2. The summed E-state index contributed by atoms with van der Waals surface area (Å²) >= 11 is 1.83. The molecule has 0 spiro atoms. The molecule has 1 aliphatic heterocycles. The van der Waals surface area contributed by atoms with Crippen LogP contribution in [0.1, 0.15) is 12.5 Å². The third-order valence-corrected chi connectivity index (χ3v) is 4.17. The summed E-state index contributed by atoms with van der Waals surface area (Å²) in [6.45, 7) is 2.11. The zero-order chi connectivity index (χ0) is 9.31. The van der Waals surface area contributed by atoms with Crippen molar-refractivity contribution in [3.63, 3.8) is 0 Å². The molecule has 2 unspecified atom stereocenters. The van der Waals surface area contributed by atoms with Gasteiger partial charge in [0, 0.05) is 12.2 Å². The predicted octanol–water partition coefficient (Wildman–Crippen LogP) is 1.94. The molecule has 0 aromatic carbocycles. The summed E-state index contributed by atoms with van der Waals surface area (Å²) in [4.78, 5) is 0. The van der Waals surface area contributed by atoms with Crippen LogP contribution in [0.2, 0.25) is 0 Å². The van der Waals surface area contributed by atoms with Crippen molar-refractivity contribution in [1.29, 1.82) is 0 Å². The average Bonchev–Trinajstić information content (AvgIpc) is 2.65. The molecule has 1 aromatic rings. The maximum atomic E-state index is 10.3. The first-order chi connectivity index (χ1) is 6.21. The van der Waals surface area contributed by atoms with Crippen LogP contribution in [0.4, 0.5) is 0 Å². The van der Waals surface area contributed by atoms with Crippen LogP contribution < -0.4 is 0 Å². The van der Waals surface area contributed by atoms with E-state index in [9.17, 15) is 5.11 Å². The third-order valence-electron chi connectivity index (χ3n) is 2.73. The highest BCUT2D eigenvalue weighted by Gasteiger charge is 2.38. The van der Waals surface area contributed by atoms with Crippen LogP contribution in [0.3, 0.4) is 0 Å². The molecule has 1 fully saturated rings. The van der Waals surface area contributed by atoms with Gasteiger partial charge < -0.3 is 9.52 Å². The van der Waals surface area contributed by atoms with Crippen molar-refractivity contribution in [1.82, 2.24) is 0 Å². The van der Waals surface area contributed by atoms with E-state index in [4.69, 9.17) is 4.42 Å². The monoisotopic (exact) mass is 198 g/mol. The zero-order valence-electron chi connectivity index (χ0n) is 7.69. The molecule has 2 atom stereocenters. The minimum Gasteiger partial charge on any atom is -0.472 e. The number of aliphatic hydroxyl groups is 1. The maximum absolute atomic E-state index is 10.3. The average molecular weight is 198 g/mol. The lowest BCUT2D eigenvalue weighted by Crippen LogP contribution is -2.37. The Labute approximate surface area is 82.3 Å². The van der Waals surface area contributed by atoms with Crippen LogP contribution in [0.5, 0.6) is 0 Å². The first kappa shape index (κ1) is 9.16. The molecule has 3 heteroatoms. The molecule has 0 amide bonds. The van der Waals surface area contributed by atoms with Crippen molar-refractivity contribution >= 4 is 11.8 Å². The molecule has 1 N–H and O–H groups in total. The maximum Gasteiger partial charge on any atom is 0.0935 e. The van der Waals surface area contributed by atoms with Crippen molar-refractivity contribution in [3.8, 4) is 0 Å². The van der Waals surface area contributed by atoms with Crippen LogP contribution in [0.25, 0.3) is 0 Å². The van der Waals surface area contributed by atoms with Gasteiger partial charge in [-0.25, -0.2) is 0 Å². The summed E-state index contributed by atoms with van der Waals surface area (Å²) in [5, 5.41) is 10.3. The van der Waals surface area contributed by atoms with Crippen molar-refractivity contribution in [3.05, 3.63) is 24.2 Å². The molecule has 0 aliphatic carbocycles. The molecule has 2 heterocycles. The van der Waals surface area contributed by atoms with Gasteiger partial charge in [0.05, 0.1) is 18.1 Å². The van der Waals surface area contributed by atoms with E-state index in [-0.39, 0.29) is 0 Å². The standard InChI is InChI=1S/C10H14O2S/c1-8-6-13-7-10(8,11)4-9-2-3-12-5-9/h2-3,5,8,11H,4,6-7H2,1H3. The Kier molecular flexibility index (Phi) is 2.39. The Bertz CT molecular complexity index is 270. The van der Waals surface area contributed by atoms with Crippen LogP contribution in [0, 0.1) is 5.92 Å². The van der Waals surface area contributed by atoms with Gasteiger partial charge in [-0.1, -0.05) is 6.92 Å². The fraction of sp³-hybridized carbons (Fsp3) is 0.600. The zero-order valence-corrected chi connectivity index (χ0v) is 8.51. The summed E-state index contributed by atoms with van der Waals surface area (Å²) in [5.74, 6) is 2.29. The molecule has 72 valence electrons. The smallest absolute Gasteiger partial charge is 0.0935 e. The SMILES string of the molecule is CC1CSCC1(O)Cc1ccoc1. The second-order valence-corrected chi connectivity index (χ2v) is 4.86. The van der Waals surface area contributed by atoms with E-state index in [1.807, 2.05) is 17.8 Å². The second-order valence-electron chi connectivity index (χ2n) is 3.83. The summed E-state index contributed by atoms with van der Waals surface area (Å²) in [7, 11) is 0. The molecule has 1 saturated heterocycles. The molecule has 2 nitrogen and oxygen atoms in total. The normalized spacial score (nSPS) is 33.8. The molecular formula is C10H14O2S. The topological polar surface area (TPSA) is 33.4 Å². The van der Waals surface area contributed by atoms with E-state index in [1.54, 1.807) is 12.5 Å². The fourth-order valence-electron chi connectivity index (χ4n) is 1.68. The van der Waals surface area contributed by atoms with E-state index in [0.29, 0.717) is 5.92 Å². The third kappa shape index (κ3) is 1.76. The Morgan fingerprint density at radius 2 is 2.62 bits per heavy atom. The largest absolute Gasteiger partial charge is 0.472 e. The molecule has 2 rings (SSSR count). The first-order valence-electron chi connectivity index (χ1n) is 4.52. The van der Waals surface area contributed by atoms with Crippen molar-refractivity contribution in [2.24, 2.45) is 5.92 Å². The number of furan rings is 1. The Balaban J connectivity index is 2.08. The minimum absolute atomic E-state index is 0.382. The van der Waals surface area contributed by atoms with E-state index in [1.165, 1.54) is 0 Å². The Morgan fingerprint density at radius 3 is 3.15 bits per heavy atom. The van der Waals surface area contributed by atoms with Crippen LogP contribution in [-0.4, -0.2) is 22.2 Å². The van der Waals surface area contributed by atoms with Crippen LogP contribution >= 0.6 is 11.8 Å². The summed E-state index contributed by atoms with van der Waals surface area (Å²) in [5.41, 5.74) is 0.575. The minimum atomic E-state index is -0.519. The van der Waals surface area contributed by atoms with Gasteiger partial charge in [0.15, 0.2) is 0 Å². The van der Waals surface area contributed by atoms with E-state index in [2.05, 4.69) is 6.92 Å². The van der Waals surface area contributed by atoms with Gasteiger partial charge >= 0.3 is 0 Å². The van der Waals surface area contributed by atoms with Crippen LogP contribution in [0.15, 0.2) is 23.0 Å². The molecule has 13 heavy (non-hydrogen) atoms. The van der Waals surface area contributed by atoms with Crippen molar-refractivity contribution in [2.45, 2.75) is 18.9 Å². The lowest BCUT2D eigenvalue weighted by atomic mass is 9.87. The van der Waals surface area contributed by atoms with Gasteiger partial charge in [0.2, 0.25) is 0 Å². The van der Waals surface area contributed by atoms with Crippen molar-refractivity contribution < 1.29 is 9.52 Å². The summed E-state index contributed by atoms with van der Waals surface area (Å²) in [6.07, 6.45) is 4.09. The van der Waals surface area contributed by atoms with Gasteiger partial charge in [-0.05, 0) is 23.3 Å². The van der Waals surface area contributed by atoms with Gasteiger partial charge in [-0.15, -0.1) is 0 Å². The molecule has 1 aliphatic rings. The molecule has 0 radical (unpaired) electrons. The highest BCUT2D eigenvalue weighted by molar-refractivity contribution is 7.99. The number of thioether (sulfide) groups is 1. The first-order valence-corrected chi connectivity index (χ1v) is 5.67. The van der Waals surface area contributed by atoms with Gasteiger partial charge in [0.25, 0.3) is 0 Å². The number of hydrogen-bond donors (Lipinski definition) is 1. The molecule has 0 bridgehead atoms. The fourth-order valence-corrected chi connectivity index (χ4v) is 3.20. The van der Waals surface area contributed by atoms with Crippen LogP contribution in [-0.2, 0) is 6.42 Å². The quantitative estimate of drug-likeness (QED) is 0.788. The van der Waals surface area contributed by atoms with Gasteiger partial charge in [0.1, 0.15) is 0 Å². The van der Waals surface area contributed by atoms with Gasteiger partial charge in [-0.3, -0.25) is 0 Å². The lowest BCUT2D eigenvalue weighted by Gasteiger charge is -2.25. The molecule has 1 aromatic heterocycles. The Hall–Kier alpha value is -0.410. The second kappa shape index (κ2) is 3.39. The molecular weight excluding hydrogens is 184 g/mol. The predicted molar refractivity (Wildman–Crippen MR) is 53.9 cm³/mol. The van der Waals surface area contributed by atoms with E-state index >= 15 is 0 Å². The highest BCUT2D eigenvalue weighted by Crippen LogP contribution is 2.35. The number of hydrogen-bond acceptors (Lipinski definition) is 3.